The molecule has 0 saturated heterocycles. The van der Waals surface area contributed by atoms with Gasteiger partial charge in [0.25, 0.3) is 0 Å². The normalized spacial score (nSPS) is 12.0. The third-order valence-electron chi connectivity index (χ3n) is 4.03. The van der Waals surface area contributed by atoms with Crippen molar-refractivity contribution in [3.05, 3.63) is 48.0 Å². The molecular weight excluding hydrogens is 396 g/mol. The third kappa shape index (κ3) is 5.71. The zero-order chi connectivity index (χ0) is 21.6. The molecule has 2 aromatic carbocycles. The fourth-order valence-corrected chi connectivity index (χ4v) is 3.43. The van der Waals surface area contributed by atoms with Crippen LogP contribution in [0.15, 0.2) is 47.4 Å². The zero-order valence-corrected chi connectivity index (χ0v) is 17.5. The molecule has 0 aromatic heterocycles. The minimum absolute atomic E-state index is 0.0171. The molecule has 0 saturated carbocycles. The van der Waals surface area contributed by atoms with Crippen molar-refractivity contribution in [2.24, 2.45) is 0 Å². The van der Waals surface area contributed by atoms with Gasteiger partial charge in [-0.3, -0.25) is 4.79 Å². The summed E-state index contributed by atoms with van der Waals surface area (Å²) in [6.07, 6.45) is 1.08. The second kappa shape index (κ2) is 9.42. The highest BCUT2D eigenvalue weighted by atomic mass is 32.2. The van der Waals surface area contributed by atoms with Gasteiger partial charge in [0.2, 0.25) is 5.91 Å². The number of carbonyl (C=O) groups is 2. The largest absolute Gasteiger partial charge is 0.497 e. The first-order valence-electron chi connectivity index (χ1n) is 8.89. The lowest BCUT2D eigenvalue weighted by Gasteiger charge is -2.19. The Morgan fingerprint density at radius 3 is 2.41 bits per heavy atom. The van der Waals surface area contributed by atoms with Crippen molar-refractivity contribution in [2.45, 2.75) is 24.8 Å². The minimum atomic E-state index is -3.56. The Hall–Kier alpha value is -3.07. The van der Waals surface area contributed by atoms with E-state index in [1.165, 1.54) is 19.2 Å². The van der Waals surface area contributed by atoms with Crippen LogP contribution in [0.5, 0.6) is 5.75 Å². The van der Waals surface area contributed by atoms with E-state index in [1.807, 2.05) is 0 Å². The van der Waals surface area contributed by atoms with Gasteiger partial charge < -0.3 is 20.1 Å². The van der Waals surface area contributed by atoms with Gasteiger partial charge >= 0.3 is 5.97 Å². The van der Waals surface area contributed by atoms with Gasteiger partial charge in [-0.05, 0) is 38.1 Å². The van der Waals surface area contributed by atoms with Crippen LogP contribution in [-0.2, 0) is 19.4 Å². The van der Waals surface area contributed by atoms with E-state index in [1.54, 1.807) is 44.2 Å². The van der Waals surface area contributed by atoms with Crippen LogP contribution in [0.4, 0.5) is 11.4 Å². The topological polar surface area (TPSA) is 111 Å². The van der Waals surface area contributed by atoms with Gasteiger partial charge in [-0.15, -0.1) is 0 Å². The summed E-state index contributed by atoms with van der Waals surface area (Å²) in [7, 11) is -2.12. The Bertz CT molecular complexity index is 1000. The zero-order valence-electron chi connectivity index (χ0n) is 16.7. The maximum absolute atomic E-state index is 12.6. The Morgan fingerprint density at radius 1 is 1.10 bits per heavy atom. The number of rotatable bonds is 8. The highest BCUT2D eigenvalue weighted by molar-refractivity contribution is 7.90. The molecule has 0 fully saturated rings. The summed E-state index contributed by atoms with van der Waals surface area (Å²) < 4.78 is 34.3. The molecule has 1 amide bonds. The summed E-state index contributed by atoms with van der Waals surface area (Å²) in [4.78, 5) is 24.7. The molecule has 156 valence electrons. The van der Waals surface area contributed by atoms with Crippen LogP contribution < -0.4 is 15.4 Å². The average molecular weight is 420 g/mol. The van der Waals surface area contributed by atoms with Crippen molar-refractivity contribution in [3.8, 4) is 5.75 Å². The van der Waals surface area contributed by atoms with Crippen molar-refractivity contribution < 1.29 is 27.5 Å². The van der Waals surface area contributed by atoms with Crippen molar-refractivity contribution >= 4 is 33.1 Å². The molecular formula is C20H24N2O6S. The highest BCUT2D eigenvalue weighted by Gasteiger charge is 2.21. The van der Waals surface area contributed by atoms with Crippen molar-refractivity contribution in [3.63, 3.8) is 0 Å². The number of methoxy groups -OCH3 is 1. The molecule has 0 radical (unpaired) electrons. The van der Waals surface area contributed by atoms with Crippen LogP contribution in [0.3, 0.4) is 0 Å². The summed E-state index contributed by atoms with van der Waals surface area (Å²) in [6, 6.07) is 10.2. The molecule has 29 heavy (non-hydrogen) atoms. The van der Waals surface area contributed by atoms with E-state index in [4.69, 9.17) is 9.47 Å². The van der Waals surface area contributed by atoms with Crippen molar-refractivity contribution in [1.82, 2.24) is 0 Å². The fourth-order valence-electron chi connectivity index (χ4n) is 2.57. The molecule has 0 aliphatic rings. The number of ether oxygens (including phenoxy) is 2. The third-order valence-corrected chi connectivity index (χ3v) is 5.17. The summed E-state index contributed by atoms with van der Waals surface area (Å²) in [5.41, 5.74) is 0.813. The smallest absolute Gasteiger partial charge is 0.340 e. The van der Waals surface area contributed by atoms with Gasteiger partial charge in [0.1, 0.15) is 11.8 Å². The first kappa shape index (κ1) is 22.2. The molecule has 8 nitrogen and oxygen atoms in total. The van der Waals surface area contributed by atoms with Gasteiger partial charge in [-0.1, -0.05) is 12.1 Å². The highest BCUT2D eigenvalue weighted by Crippen LogP contribution is 2.27. The van der Waals surface area contributed by atoms with Crippen molar-refractivity contribution in [1.29, 1.82) is 0 Å². The van der Waals surface area contributed by atoms with Gasteiger partial charge in [0, 0.05) is 12.3 Å². The van der Waals surface area contributed by atoms with E-state index >= 15 is 0 Å². The lowest BCUT2D eigenvalue weighted by Crippen LogP contribution is -2.33. The van der Waals surface area contributed by atoms with Crippen LogP contribution in [-0.4, -0.2) is 46.3 Å². The number of hydrogen-bond acceptors (Lipinski definition) is 7. The van der Waals surface area contributed by atoms with Crippen LogP contribution >= 0.6 is 0 Å². The first-order valence-corrected chi connectivity index (χ1v) is 10.8. The summed E-state index contributed by atoms with van der Waals surface area (Å²) in [5.74, 6) is -0.605. The Kier molecular flexibility index (Phi) is 7.22. The number of sulfone groups is 1. The van der Waals surface area contributed by atoms with E-state index in [-0.39, 0.29) is 22.8 Å². The first-order chi connectivity index (χ1) is 13.7. The Morgan fingerprint density at radius 2 is 1.79 bits per heavy atom. The molecule has 1 unspecified atom stereocenters. The molecule has 0 bridgehead atoms. The lowest BCUT2D eigenvalue weighted by molar-refractivity contribution is -0.116. The van der Waals surface area contributed by atoms with Gasteiger partial charge in [0.15, 0.2) is 9.84 Å². The summed E-state index contributed by atoms with van der Waals surface area (Å²) >= 11 is 0. The summed E-state index contributed by atoms with van der Waals surface area (Å²) in [5, 5.41) is 5.57. The molecule has 0 aliphatic heterocycles. The molecule has 2 rings (SSSR count). The monoisotopic (exact) mass is 420 g/mol. The Balaban J connectivity index is 2.22. The second-order valence-electron chi connectivity index (χ2n) is 6.26. The number of amides is 1. The molecule has 0 spiro atoms. The summed E-state index contributed by atoms with van der Waals surface area (Å²) in [6.45, 7) is 3.49. The van der Waals surface area contributed by atoms with Gasteiger partial charge in [-0.25, -0.2) is 13.2 Å². The van der Waals surface area contributed by atoms with Crippen LogP contribution in [0.25, 0.3) is 0 Å². The maximum atomic E-state index is 12.6. The van der Waals surface area contributed by atoms with Crippen LogP contribution in [0, 0.1) is 0 Å². The number of nitrogens with one attached hydrogen (secondary N) is 2. The van der Waals surface area contributed by atoms with Crippen molar-refractivity contribution in [2.75, 3.05) is 30.6 Å². The molecule has 0 aliphatic carbocycles. The number of benzene rings is 2. The number of para-hydroxylation sites is 1. The number of anilines is 2. The molecule has 0 heterocycles. The minimum Gasteiger partial charge on any atom is -0.497 e. The molecule has 1 atom stereocenters. The quantitative estimate of drug-likeness (QED) is 0.632. The molecule has 2 N–H and O–H groups in total. The van der Waals surface area contributed by atoms with E-state index in [9.17, 15) is 18.0 Å². The van der Waals surface area contributed by atoms with Crippen LogP contribution in [0.2, 0.25) is 0 Å². The fraction of sp³-hybridized carbons (Fsp3) is 0.300. The van der Waals surface area contributed by atoms with Gasteiger partial charge in [0.05, 0.1) is 35.6 Å². The Labute approximate surface area is 170 Å². The second-order valence-corrected chi connectivity index (χ2v) is 8.24. The molecule has 9 heteroatoms. The lowest BCUT2D eigenvalue weighted by atomic mass is 10.1. The maximum Gasteiger partial charge on any atom is 0.340 e. The predicted octanol–water partition coefficient (Wildman–Crippen LogP) is 2.71. The van der Waals surface area contributed by atoms with E-state index in [0.29, 0.717) is 11.4 Å². The number of esters is 1. The predicted molar refractivity (Wildman–Crippen MR) is 110 cm³/mol. The van der Waals surface area contributed by atoms with E-state index in [0.717, 1.165) is 6.26 Å². The van der Waals surface area contributed by atoms with E-state index < -0.39 is 27.8 Å². The number of carbonyl (C=O) groups excluding carboxylic acids is 2. The van der Waals surface area contributed by atoms with E-state index in [2.05, 4.69) is 10.6 Å². The SMILES string of the molecule is CCOC(=O)c1ccccc1NC(=O)C(C)Nc1ccc(OC)cc1S(C)(=O)=O. The average Bonchev–Trinajstić information content (AvgIpc) is 2.68. The number of hydrogen-bond donors (Lipinski definition) is 2. The van der Waals surface area contributed by atoms with Crippen LogP contribution in [0.1, 0.15) is 24.2 Å². The van der Waals surface area contributed by atoms with Gasteiger partial charge in [-0.2, -0.15) is 0 Å². The standard InChI is InChI=1S/C20H24N2O6S/c1-5-28-20(24)15-8-6-7-9-16(15)22-19(23)13(2)21-17-11-10-14(27-3)12-18(17)29(4,25)26/h6-13,21H,5H2,1-4H3,(H,22,23). The molecule has 2 aromatic rings.